The van der Waals surface area contributed by atoms with Gasteiger partial charge in [-0.15, -0.1) is 0 Å². The zero-order chi connectivity index (χ0) is 21.2. The third kappa shape index (κ3) is 4.00. The number of anilines is 1. The van der Waals surface area contributed by atoms with Crippen LogP contribution in [0, 0.1) is 0 Å². The first-order valence-electron chi connectivity index (χ1n) is 8.83. The number of ether oxygens (including phenoxy) is 3. The molecule has 0 spiro atoms. The van der Waals surface area contributed by atoms with Crippen LogP contribution in [0.25, 0.3) is 0 Å². The SMILES string of the molecule is CCOC(=O)C1c2cc(NS(=O)(=O)c3ccc(OC)cc3)ccc2OC1(O)CN. The van der Waals surface area contributed by atoms with E-state index in [1.54, 1.807) is 6.92 Å². The molecule has 0 aliphatic carbocycles. The standard InChI is InChI=1S/C19H22N2O7S/c1-3-27-18(22)17-15-10-12(4-9-16(15)28-19(17,23)11-20)21-29(24,25)14-7-5-13(26-2)6-8-14/h4-10,17,21,23H,3,11,20H2,1-2H3. The van der Waals surface area contributed by atoms with Crippen molar-refractivity contribution in [3.05, 3.63) is 48.0 Å². The van der Waals surface area contributed by atoms with Crippen LogP contribution in [0.15, 0.2) is 47.4 Å². The highest BCUT2D eigenvalue weighted by Gasteiger charge is 2.51. The molecule has 2 atom stereocenters. The van der Waals surface area contributed by atoms with Crippen molar-refractivity contribution >= 4 is 21.7 Å². The number of nitrogens with two attached hydrogens (primary N) is 1. The Morgan fingerprint density at radius 1 is 1.28 bits per heavy atom. The molecule has 0 aromatic heterocycles. The molecule has 0 bridgehead atoms. The number of carbonyl (C=O) groups is 1. The van der Waals surface area contributed by atoms with Gasteiger partial charge in [-0.3, -0.25) is 9.52 Å². The van der Waals surface area contributed by atoms with Crippen LogP contribution in [0.2, 0.25) is 0 Å². The van der Waals surface area contributed by atoms with E-state index in [0.29, 0.717) is 5.75 Å². The van der Waals surface area contributed by atoms with Crippen molar-refractivity contribution in [3.63, 3.8) is 0 Å². The summed E-state index contributed by atoms with van der Waals surface area (Å²) in [4.78, 5) is 12.4. The Kier molecular flexibility index (Phi) is 5.69. The number of hydrogen-bond donors (Lipinski definition) is 3. The van der Waals surface area contributed by atoms with Crippen molar-refractivity contribution in [2.75, 3.05) is 25.0 Å². The topological polar surface area (TPSA) is 137 Å². The van der Waals surface area contributed by atoms with Crippen LogP contribution in [0.3, 0.4) is 0 Å². The lowest BCUT2D eigenvalue weighted by atomic mass is 9.92. The average Bonchev–Trinajstić information content (AvgIpc) is 3.00. The number of benzene rings is 2. The third-order valence-corrected chi connectivity index (χ3v) is 5.89. The van der Waals surface area contributed by atoms with Crippen LogP contribution in [0.5, 0.6) is 11.5 Å². The molecule has 1 aliphatic rings. The van der Waals surface area contributed by atoms with Gasteiger partial charge in [-0.25, -0.2) is 8.42 Å². The number of hydrogen-bond acceptors (Lipinski definition) is 8. The number of sulfonamides is 1. The summed E-state index contributed by atoms with van der Waals surface area (Å²) in [6.45, 7) is 1.39. The molecule has 2 unspecified atom stereocenters. The monoisotopic (exact) mass is 422 g/mol. The number of methoxy groups -OCH3 is 1. The number of esters is 1. The lowest BCUT2D eigenvalue weighted by Crippen LogP contribution is -2.48. The van der Waals surface area contributed by atoms with E-state index in [1.165, 1.54) is 49.6 Å². The number of fused-ring (bicyclic) bond motifs is 1. The fourth-order valence-electron chi connectivity index (χ4n) is 3.09. The van der Waals surface area contributed by atoms with Gasteiger partial charge >= 0.3 is 5.97 Å². The first kappa shape index (κ1) is 20.9. The van der Waals surface area contributed by atoms with E-state index in [4.69, 9.17) is 19.9 Å². The molecule has 3 rings (SSSR count). The third-order valence-electron chi connectivity index (χ3n) is 4.50. The minimum Gasteiger partial charge on any atom is -0.497 e. The van der Waals surface area contributed by atoms with Gasteiger partial charge < -0.3 is 25.1 Å². The summed E-state index contributed by atoms with van der Waals surface area (Å²) in [5.41, 5.74) is 6.08. The summed E-state index contributed by atoms with van der Waals surface area (Å²) in [7, 11) is -2.40. The highest BCUT2D eigenvalue weighted by atomic mass is 32.2. The fraction of sp³-hybridized carbons (Fsp3) is 0.316. The van der Waals surface area contributed by atoms with E-state index in [-0.39, 0.29) is 35.0 Å². The van der Waals surface area contributed by atoms with Gasteiger partial charge in [0.1, 0.15) is 11.5 Å². The maximum Gasteiger partial charge on any atom is 0.320 e. The quantitative estimate of drug-likeness (QED) is 0.566. The molecule has 9 nitrogen and oxygen atoms in total. The van der Waals surface area contributed by atoms with Crippen molar-refractivity contribution in [3.8, 4) is 11.5 Å². The van der Waals surface area contributed by atoms with Crippen LogP contribution in [0.4, 0.5) is 5.69 Å². The van der Waals surface area contributed by atoms with Gasteiger partial charge in [-0.1, -0.05) is 0 Å². The van der Waals surface area contributed by atoms with Crippen LogP contribution >= 0.6 is 0 Å². The van der Waals surface area contributed by atoms with E-state index in [9.17, 15) is 18.3 Å². The highest BCUT2D eigenvalue weighted by molar-refractivity contribution is 7.92. The van der Waals surface area contributed by atoms with Gasteiger partial charge in [0.2, 0.25) is 5.79 Å². The van der Waals surface area contributed by atoms with E-state index in [2.05, 4.69) is 4.72 Å². The average molecular weight is 422 g/mol. The minimum atomic E-state index is -3.89. The molecule has 0 amide bonds. The maximum atomic E-state index is 12.7. The van der Waals surface area contributed by atoms with Crippen LogP contribution in [-0.4, -0.2) is 45.5 Å². The summed E-state index contributed by atoms with van der Waals surface area (Å²) < 4.78 is 43.3. The summed E-state index contributed by atoms with van der Waals surface area (Å²) >= 11 is 0. The highest BCUT2D eigenvalue weighted by Crippen LogP contribution is 2.45. The maximum absolute atomic E-state index is 12.7. The second kappa shape index (κ2) is 7.90. The van der Waals surface area contributed by atoms with E-state index >= 15 is 0 Å². The van der Waals surface area contributed by atoms with Gasteiger partial charge in [0.15, 0.2) is 5.92 Å². The Labute approximate surface area is 168 Å². The predicted octanol–water partition coefficient (Wildman–Crippen LogP) is 1.18. The van der Waals surface area contributed by atoms with Crippen LogP contribution < -0.4 is 19.9 Å². The predicted molar refractivity (Wildman–Crippen MR) is 104 cm³/mol. The van der Waals surface area contributed by atoms with Gasteiger partial charge in [0.05, 0.1) is 25.2 Å². The Morgan fingerprint density at radius 3 is 2.55 bits per heavy atom. The number of carbonyl (C=O) groups excluding carboxylic acids is 1. The lowest BCUT2D eigenvalue weighted by molar-refractivity contribution is -0.170. The van der Waals surface area contributed by atoms with Crippen molar-refractivity contribution in [1.82, 2.24) is 0 Å². The summed E-state index contributed by atoms with van der Waals surface area (Å²) in [5.74, 6) is -3.13. The molecule has 2 aromatic rings. The fourth-order valence-corrected chi connectivity index (χ4v) is 4.14. The van der Waals surface area contributed by atoms with Crippen LogP contribution in [-0.2, 0) is 19.6 Å². The first-order chi connectivity index (χ1) is 13.7. The smallest absolute Gasteiger partial charge is 0.320 e. The molecule has 1 heterocycles. The molecule has 0 saturated carbocycles. The summed E-state index contributed by atoms with van der Waals surface area (Å²) in [6.07, 6.45) is 0. The molecule has 156 valence electrons. The number of nitrogens with one attached hydrogen (secondary N) is 1. The van der Waals surface area contributed by atoms with E-state index in [0.717, 1.165) is 0 Å². The molecule has 1 aliphatic heterocycles. The van der Waals surface area contributed by atoms with Gasteiger partial charge in [0, 0.05) is 11.3 Å². The molecule has 10 heteroatoms. The van der Waals surface area contributed by atoms with E-state index < -0.39 is 27.7 Å². The van der Waals surface area contributed by atoms with Crippen molar-refractivity contribution < 1.29 is 32.5 Å². The summed E-state index contributed by atoms with van der Waals surface area (Å²) in [6, 6.07) is 10.2. The zero-order valence-electron chi connectivity index (χ0n) is 15.9. The minimum absolute atomic E-state index is 0.0375. The largest absolute Gasteiger partial charge is 0.497 e. The molecule has 2 aromatic carbocycles. The van der Waals surface area contributed by atoms with Crippen molar-refractivity contribution in [2.24, 2.45) is 5.73 Å². The Hall–Kier alpha value is -2.82. The number of aliphatic hydroxyl groups is 1. The van der Waals surface area contributed by atoms with Crippen molar-refractivity contribution in [2.45, 2.75) is 23.5 Å². The number of rotatable bonds is 7. The molecule has 29 heavy (non-hydrogen) atoms. The second-order valence-corrected chi connectivity index (χ2v) is 8.05. The van der Waals surface area contributed by atoms with Crippen molar-refractivity contribution in [1.29, 1.82) is 0 Å². The first-order valence-corrected chi connectivity index (χ1v) is 10.3. The van der Waals surface area contributed by atoms with Gasteiger partial charge in [-0.05, 0) is 49.4 Å². The molecule has 4 N–H and O–H groups in total. The van der Waals surface area contributed by atoms with Gasteiger partial charge in [-0.2, -0.15) is 0 Å². The molecule has 0 radical (unpaired) electrons. The second-order valence-electron chi connectivity index (χ2n) is 6.37. The molecule has 0 saturated heterocycles. The Bertz CT molecular complexity index is 1010. The van der Waals surface area contributed by atoms with Gasteiger partial charge in [0.25, 0.3) is 10.0 Å². The summed E-state index contributed by atoms with van der Waals surface area (Å²) in [5, 5.41) is 10.6. The lowest BCUT2D eigenvalue weighted by Gasteiger charge is -2.25. The normalized spacial score (nSPS) is 20.5. The molecular weight excluding hydrogens is 400 g/mol. The Balaban J connectivity index is 1.93. The molecular formula is C19H22N2O7S. The van der Waals surface area contributed by atoms with Crippen LogP contribution in [0.1, 0.15) is 18.4 Å². The molecule has 0 fully saturated rings. The Morgan fingerprint density at radius 2 is 1.97 bits per heavy atom. The zero-order valence-corrected chi connectivity index (χ0v) is 16.7. The van der Waals surface area contributed by atoms with E-state index in [1.807, 2.05) is 0 Å².